The van der Waals surface area contributed by atoms with E-state index in [9.17, 15) is 4.79 Å². The quantitative estimate of drug-likeness (QED) is 0.506. The van der Waals surface area contributed by atoms with E-state index in [4.69, 9.17) is 16.0 Å². The first-order chi connectivity index (χ1) is 13.6. The molecular formula is C22H19ClN2O2S. The monoisotopic (exact) mass is 410 g/mol. The molecule has 0 fully saturated rings. The van der Waals surface area contributed by atoms with Crippen molar-refractivity contribution in [1.82, 2.24) is 5.01 Å². The average molecular weight is 411 g/mol. The van der Waals surface area contributed by atoms with Gasteiger partial charge in [-0.15, -0.1) is 11.8 Å². The molecule has 6 heteroatoms. The first-order valence-electron chi connectivity index (χ1n) is 8.98. The van der Waals surface area contributed by atoms with Gasteiger partial charge in [0.05, 0.1) is 17.7 Å². The molecule has 142 valence electrons. The number of rotatable bonds is 5. The Bertz CT molecular complexity index is 982. The highest BCUT2D eigenvalue weighted by Crippen LogP contribution is 2.34. The van der Waals surface area contributed by atoms with Gasteiger partial charge in [-0.25, -0.2) is 5.01 Å². The molecule has 1 unspecified atom stereocenters. The first kappa shape index (κ1) is 18.8. The van der Waals surface area contributed by atoms with Crippen molar-refractivity contribution in [1.29, 1.82) is 0 Å². The van der Waals surface area contributed by atoms with E-state index in [1.165, 1.54) is 17.3 Å². The predicted octanol–water partition coefficient (Wildman–Crippen LogP) is 5.71. The molecule has 4 nitrogen and oxygen atoms in total. The number of hydrogen-bond acceptors (Lipinski definition) is 4. The number of halogens is 1. The van der Waals surface area contributed by atoms with Crippen LogP contribution in [0.5, 0.6) is 0 Å². The first-order valence-corrected chi connectivity index (χ1v) is 10.3. The maximum Gasteiger partial charge on any atom is 0.253 e. The summed E-state index contributed by atoms with van der Waals surface area (Å²) in [5.74, 6) is 0.989. The summed E-state index contributed by atoms with van der Waals surface area (Å²) in [4.78, 5) is 13.9. The van der Waals surface area contributed by atoms with Gasteiger partial charge >= 0.3 is 0 Å². The molecule has 2 aromatic carbocycles. The van der Waals surface area contributed by atoms with Crippen molar-refractivity contribution >= 4 is 35.0 Å². The number of nitrogens with zero attached hydrogens (tertiary/aromatic N) is 2. The maximum absolute atomic E-state index is 13.0. The number of hydrazone groups is 1. The Morgan fingerprint density at radius 3 is 2.61 bits per heavy atom. The Balaban J connectivity index is 1.54. The van der Waals surface area contributed by atoms with Crippen molar-refractivity contribution in [2.75, 3.05) is 5.75 Å². The van der Waals surface area contributed by atoms with Gasteiger partial charge in [0.25, 0.3) is 5.91 Å². The number of carbonyl (C=O) groups excluding carboxylic acids is 1. The predicted molar refractivity (Wildman–Crippen MR) is 113 cm³/mol. The SMILES string of the molecule is Cc1ccc(C2=NN(C(=O)CSc3ccc(Cl)cc3)C(c3ccco3)C2)cc1. The van der Waals surface area contributed by atoms with Crippen LogP contribution >= 0.6 is 23.4 Å². The molecule has 0 saturated carbocycles. The highest BCUT2D eigenvalue weighted by Gasteiger charge is 2.34. The average Bonchev–Trinajstić information content (AvgIpc) is 3.37. The van der Waals surface area contributed by atoms with E-state index < -0.39 is 0 Å². The van der Waals surface area contributed by atoms with Crippen molar-refractivity contribution < 1.29 is 9.21 Å². The lowest BCUT2D eigenvalue weighted by Crippen LogP contribution is -2.28. The lowest BCUT2D eigenvalue weighted by atomic mass is 10.0. The third kappa shape index (κ3) is 4.16. The Morgan fingerprint density at radius 1 is 1.18 bits per heavy atom. The van der Waals surface area contributed by atoms with E-state index in [1.807, 2.05) is 48.5 Å². The number of amides is 1. The molecular weight excluding hydrogens is 392 g/mol. The van der Waals surface area contributed by atoms with Crippen LogP contribution in [0.2, 0.25) is 5.02 Å². The van der Waals surface area contributed by atoms with Crippen molar-refractivity contribution in [3.05, 3.63) is 88.8 Å². The summed E-state index contributed by atoms with van der Waals surface area (Å²) in [5, 5.41) is 6.91. The smallest absolute Gasteiger partial charge is 0.253 e. The van der Waals surface area contributed by atoms with Crippen LogP contribution in [-0.4, -0.2) is 22.4 Å². The van der Waals surface area contributed by atoms with Gasteiger partial charge in [-0.1, -0.05) is 41.4 Å². The van der Waals surface area contributed by atoms with Crippen LogP contribution in [0.1, 0.15) is 29.3 Å². The van der Waals surface area contributed by atoms with E-state index in [0.29, 0.717) is 17.2 Å². The molecule has 4 rings (SSSR count). The third-order valence-electron chi connectivity index (χ3n) is 4.60. The topological polar surface area (TPSA) is 45.8 Å². The fourth-order valence-electron chi connectivity index (χ4n) is 3.11. The summed E-state index contributed by atoms with van der Waals surface area (Å²) < 4.78 is 5.59. The number of carbonyl (C=O) groups is 1. The fourth-order valence-corrected chi connectivity index (χ4v) is 3.98. The number of benzene rings is 2. The summed E-state index contributed by atoms with van der Waals surface area (Å²) in [5.41, 5.74) is 3.12. The molecule has 1 aromatic heterocycles. The fraction of sp³-hybridized carbons (Fsp3) is 0.182. The van der Waals surface area contributed by atoms with Crippen LogP contribution < -0.4 is 0 Å². The summed E-state index contributed by atoms with van der Waals surface area (Å²) >= 11 is 7.40. The van der Waals surface area contributed by atoms with Crippen LogP contribution in [0, 0.1) is 6.92 Å². The summed E-state index contributed by atoms with van der Waals surface area (Å²) in [6.07, 6.45) is 2.26. The number of aryl methyl sites for hydroxylation is 1. The van der Waals surface area contributed by atoms with Gasteiger partial charge < -0.3 is 4.42 Å². The largest absolute Gasteiger partial charge is 0.467 e. The standard InChI is InChI=1S/C22H19ClN2O2S/c1-15-4-6-16(7-5-15)19-13-20(21-3-2-12-27-21)25(24-19)22(26)14-28-18-10-8-17(23)9-11-18/h2-12,20H,13-14H2,1H3. The molecule has 0 N–H and O–H groups in total. The lowest BCUT2D eigenvalue weighted by molar-refractivity contribution is -0.130. The van der Waals surface area contributed by atoms with Crippen molar-refractivity contribution in [3.8, 4) is 0 Å². The Labute approximate surface area is 173 Å². The van der Waals surface area contributed by atoms with E-state index in [0.717, 1.165) is 21.9 Å². The molecule has 0 radical (unpaired) electrons. The van der Waals surface area contributed by atoms with Gasteiger partial charge in [0.1, 0.15) is 11.8 Å². The number of furan rings is 1. The highest BCUT2D eigenvalue weighted by atomic mass is 35.5. The number of thioether (sulfide) groups is 1. The number of hydrogen-bond donors (Lipinski definition) is 0. The zero-order chi connectivity index (χ0) is 19.5. The summed E-state index contributed by atoms with van der Waals surface area (Å²) in [7, 11) is 0. The van der Waals surface area contributed by atoms with Gasteiger partial charge in [0.2, 0.25) is 0 Å². The van der Waals surface area contributed by atoms with Crippen molar-refractivity contribution in [2.24, 2.45) is 5.10 Å². The minimum atomic E-state index is -0.218. The molecule has 1 atom stereocenters. The van der Waals surface area contributed by atoms with E-state index >= 15 is 0 Å². The second-order valence-electron chi connectivity index (χ2n) is 6.63. The molecule has 1 amide bonds. The molecule has 1 aliphatic heterocycles. The summed E-state index contributed by atoms with van der Waals surface area (Å²) in [6.45, 7) is 2.05. The Hall–Kier alpha value is -2.50. The van der Waals surface area contributed by atoms with Gasteiger partial charge in [-0.3, -0.25) is 4.79 Å². The normalized spacial score (nSPS) is 16.3. The van der Waals surface area contributed by atoms with Crippen molar-refractivity contribution in [3.63, 3.8) is 0 Å². The molecule has 0 spiro atoms. The third-order valence-corrected chi connectivity index (χ3v) is 5.85. The van der Waals surface area contributed by atoms with Gasteiger partial charge in [0.15, 0.2) is 0 Å². The van der Waals surface area contributed by atoms with Crippen LogP contribution in [0.3, 0.4) is 0 Å². The zero-order valence-corrected chi connectivity index (χ0v) is 16.9. The minimum absolute atomic E-state index is 0.0524. The molecule has 0 saturated heterocycles. The van der Waals surface area contributed by atoms with E-state index in [-0.39, 0.29) is 11.9 Å². The molecule has 0 bridgehead atoms. The zero-order valence-electron chi connectivity index (χ0n) is 15.3. The second-order valence-corrected chi connectivity index (χ2v) is 8.11. The second kappa shape index (κ2) is 8.25. The summed E-state index contributed by atoms with van der Waals surface area (Å²) in [6, 6.07) is 19.2. The van der Waals surface area contributed by atoms with E-state index in [2.05, 4.69) is 24.2 Å². The van der Waals surface area contributed by atoms with E-state index in [1.54, 1.807) is 11.3 Å². The maximum atomic E-state index is 13.0. The molecule has 2 heterocycles. The molecule has 0 aliphatic carbocycles. The molecule has 1 aliphatic rings. The Kier molecular flexibility index (Phi) is 5.55. The van der Waals surface area contributed by atoms with Crippen LogP contribution in [-0.2, 0) is 4.79 Å². The van der Waals surface area contributed by atoms with Crippen molar-refractivity contribution in [2.45, 2.75) is 24.3 Å². The highest BCUT2D eigenvalue weighted by molar-refractivity contribution is 8.00. The lowest BCUT2D eigenvalue weighted by Gasteiger charge is -2.19. The van der Waals surface area contributed by atoms with Crippen LogP contribution in [0.4, 0.5) is 0 Å². The van der Waals surface area contributed by atoms with Gasteiger partial charge in [-0.05, 0) is 48.9 Å². The van der Waals surface area contributed by atoms with Crippen LogP contribution in [0.15, 0.2) is 81.3 Å². The molecule has 28 heavy (non-hydrogen) atoms. The Morgan fingerprint density at radius 2 is 1.93 bits per heavy atom. The van der Waals surface area contributed by atoms with Gasteiger partial charge in [-0.2, -0.15) is 5.10 Å². The molecule has 3 aromatic rings. The van der Waals surface area contributed by atoms with Crippen LogP contribution in [0.25, 0.3) is 0 Å². The minimum Gasteiger partial charge on any atom is -0.467 e. The van der Waals surface area contributed by atoms with Gasteiger partial charge in [0, 0.05) is 16.3 Å².